The summed E-state index contributed by atoms with van der Waals surface area (Å²) in [4.78, 5) is 0. The van der Waals surface area contributed by atoms with Crippen molar-refractivity contribution in [3.8, 4) is 0 Å². The van der Waals surface area contributed by atoms with Crippen molar-refractivity contribution in [2.24, 2.45) is 11.1 Å². The van der Waals surface area contributed by atoms with Crippen LogP contribution in [0.4, 0.5) is 0 Å². The molecule has 0 bridgehead atoms. The van der Waals surface area contributed by atoms with Crippen LogP contribution in [-0.4, -0.2) is 14.5 Å². The number of nitrogens with two attached hydrogens (primary N) is 1. The molecular formula is C13H22N2O3S. The molecule has 1 unspecified atom stereocenters. The highest BCUT2D eigenvalue weighted by Crippen LogP contribution is 2.26. The van der Waals surface area contributed by atoms with Crippen molar-refractivity contribution < 1.29 is 12.8 Å². The molecule has 0 amide bonds. The Morgan fingerprint density at radius 1 is 1.37 bits per heavy atom. The van der Waals surface area contributed by atoms with Gasteiger partial charge in [0.25, 0.3) is 10.0 Å². The molecule has 0 spiro atoms. The van der Waals surface area contributed by atoms with Crippen molar-refractivity contribution in [3.63, 3.8) is 0 Å². The van der Waals surface area contributed by atoms with Gasteiger partial charge in [0.1, 0.15) is 5.76 Å². The Kier molecular flexibility index (Phi) is 4.65. The van der Waals surface area contributed by atoms with Gasteiger partial charge in [0.15, 0.2) is 0 Å². The van der Waals surface area contributed by atoms with Crippen molar-refractivity contribution in [1.82, 2.24) is 5.32 Å². The van der Waals surface area contributed by atoms with Gasteiger partial charge in [-0.15, -0.1) is 0 Å². The Balaban J connectivity index is 1.86. The van der Waals surface area contributed by atoms with Crippen molar-refractivity contribution in [2.45, 2.75) is 56.7 Å². The third kappa shape index (κ3) is 4.06. The zero-order valence-corrected chi connectivity index (χ0v) is 12.1. The quantitative estimate of drug-likeness (QED) is 0.866. The molecule has 0 aliphatic heterocycles. The van der Waals surface area contributed by atoms with E-state index in [1.165, 1.54) is 38.2 Å². The first kappa shape index (κ1) is 14.6. The first-order valence-electron chi connectivity index (χ1n) is 6.82. The van der Waals surface area contributed by atoms with Gasteiger partial charge >= 0.3 is 0 Å². The molecule has 1 aliphatic carbocycles. The van der Waals surface area contributed by atoms with Gasteiger partial charge in [0.05, 0.1) is 6.54 Å². The molecule has 1 heterocycles. The minimum absolute atomic E-state index is 0.172. The Morgan fingerprint density at radius 2 is 2.05 bits per heavy atom. The SMILES string of the molecule is CC(NCc1ccc(S(N)(=O)=O)o1)C1CCCCC1. The lowest BCUT2D eigenvalue weighted by atomic mass is 9.84. The van der Waals surface area contributed by atoms with Gasteiger partial charge in [-0.2, -0.15) is 0 Å². The predicted octanol–water partition coefficient (Wildman–Crippen LogP) is 1.99. The summed E-state index contributed by atoms with van der Waals surface area (Å²) >= 11 is 0. The smallest absolute Gasteiger partial charge is 0.271 e. The van der Waals surface area contributed by atoms with Crippen LogP contribution in [0.5, 0.6) is 0 Å². The highest BCUT2D eigenvalue weighted by atomic mass is 32.2. The van der Waals surface area contributed by atoms with Gasteiger partial charge in [-0.25, -0.2) is 13.6 Å². The Labute approximate surface area is 114 Å². The van der Waals surface area contributed by atoms with Gasteiger partial charge < -0.3 is 9.73 Å². The van der Waals surface area contributed by atoms with E-state index in [0.717, 1.165) is 0 Å². The van der Waals surface area contributed by atoms with Crippen LogP contribution in [0.15, 0.2) is 21.6 Å². The molecule has 3 N–H and O–H groups in total. The lowest BCUT2D eigenvalue weighted by Crippen LogP contribution is -2.34. The fraction of sp³-hybridized carbons (Fsp3) is 0.692. The third-order valence-corrected chi connectivity index (χ3v) is 4.65. The summed E-state index contributed by atoms with van der Waals surface area (Å²) in [6.45, 7) is 2.71. The summed E-state index contributed by atoms with van der Waals surface area (Å²) < 4.78 is 27.4. The molecule has 1 aromatic rings. The maximum absolute atomic E-state index is 11.1. The van der Waals surface area contributed by atoms with Crippen LogP contribution in [0.3, 0.4) is 0 Å². The molecule has 1 atom stereocenters. The zero-order valence-electron chi connectivity index (χ0n) is 11.3. The molecule has 1 aromatic heterocycles. The molecule has 1 aliphatic rings. The molecule has 1 fully saturated rings. The average Bonchev–Trinajstić information content (AvgIpc) is 2.86. The summed E-state index contributed by atoms with van der Waals surface area (Å²) in [5.74, 6) is 1.31. The summed E-state index contributed by atoms with van der Waals surface area (Å²) in [7, 11) is -3.74. The van der Waals surface area contributed by atoms with Crippen LogP contribution >= 0.6 is 0 Å². The number of sulfonamides is 1. The van der Waals surface area contributed by atoms with Gasteiger partial charge in [-0.05, 0) is 37.8 Å². The van der Waals surface area contributed by atoms with Crippen molar-refractivity contribution in [3.05, 3.63) is 17.9 Å². The number of hydrogen-bond donors (Lipinski definition) is 2. The normalized spacial score (nSPS) is 19.5. The van der Waals surface area contributed by atoms with Crippen LogP contribution in [0.2, 0.25) is 0 Å². The van der Waals surface area contributed by atoms with E-state index in [1.54, 1.807) is 6.07 Å². The van der Waals surface area contributed by atoms with Crippen LogP contribution in [0.25, 0.3) is 0 Å². The maximum atomic E-state index is 11.1. The predicted molar refractivity (Wildman–Crippen MR) is 73.0 cm³/mol. The van der Waals surface area contributed by atoms with E-state index in [1.807, 2.05) is 0 Å². The second-order valence-corrected chi connectivity index (χ2v) is 6.83. The first-order valence-corrected chi connectivity index (χ1v) is 8.36. The van der Waals surface area contributed by atoms with E-state index in [0.29, 0.717) is 24.3 Å². The van der Waals surface area contributed by atoms with E-state index < -0.39 is 10.0 Å². The van der Waals surface area contributed by atoms with Gasteiger partial charge in [-0.1, -0.05) is 19.3 Å². The van der Waals surface area contributed by atoms with Crippen molar-refractivity contribution in [1.29, 1.82) is 0 Å². The lowest BCUT2D eigenvalue weighted by Gasteiger charge is -2.28. The van der Waals surface area contributed by atoms with E-state index in [2.05, 4.69) is 12.2 Å². The van der Waals surface area contributed by atoms with Crippen molar-refractivity contribution in [2.75, 3.05) is 0 Å². The molecule has 19 heavy (non-hydrogen) atoms. The highest BCUT2D eigenvalue weighted by Gasteiger charge is 2.20. The molecule has 0 radical (unpaired) electrons. The Hall–Kier alpha value is -0.850. The molecule has 1 saturated carbocycles. The van der Waals surface area contributed by atoms with E-state index in [9.17, 15) is 8.42 Å². The van der Waals surface area contributed by atoms with Gasteiger partial charge in [0, 0.05) is 6.04 Å². The summed E-state index contributed by atoms with van der Waals surface area (Å²) in [5.41, 5.74) is 0. The molecule has 0 saturated heterocycles. The minimum Gasteiger partial charge on any atom is -0.447 e. The topological polar surface area (TPSA) is 85.3 Å². The fourth-order valence-electron chi connectivity index (χ4n) is 2.67. The molecule has 108 valence electrons. The maximum Gasteiger partial charge on any atom is 0.271 e. The van der Waals surface area contributed by atoms with Gasteiger partial charge in [-0.3, -0.25) is 0 Å². The number of furan rings is 1. The van der Waals surface area contributed by atoms with Crippen LogP contribution < -0.4 is 10.5 Å². The molecule has 0 aromatic carbocycles. The summed E-state index contributed by atoms with van der Waals surface area (Å²) in [6, 6.07) is 3.47. The monoisotopic (exact) mass is 286 g/mol. The summed E-state index contributed by atoms with van der Waals surface area (Å²) in [6.07, 6.45) is 6.52. The molecule has 5 nitrogen and oxygen atoms in total. The van der Waals surface area contributed by atoms with Crippen LogP contribution in [-0.2, 0) is 16.6 Å². The van der Waals surface area contributed by atoms with Crippen molar-refractivity contribution >= 4 is 10.0 Å². The number of nitrogens with one attached hydrogen (secondary N) is 1. The Bertz CT molecular complexity index is 504. The third-order valence-electron chi connectivity index (χ3n) is 3.87. The van der Waals surface area contributed by atoms with Crippen LogP contribution in [0.1, 0.15) is 44.8 Å². The molecular weight excluding hydrogens is 264 g/mol. The number of hydrogen-bond acceptors (Lipinski definition) is 4. The average molecular weight is 286 g/mol. The first-order chi connectivity index (χ1) is 8.97. The standard InChI is InChI=1S/C13H22N2O3S/c1-10(11-5-3-2-4-6-11)15-9-12-7-8-13(18-12)19(14,16)17/h7-8,10-11,15H,2-6,9H2,1H3,(H2,14,16,17). The highest BCUT2D eigenvalue weighted by molar-refractivity contribution is 7.89. The van der Waals surface area contributed by atoms with Gasteiger partial charge in [0.2, 0.25) is 5.09 Å². The van der Waals surface area contributed by atoms with E-state index >= 15 is 0 Å². The molecule has 2 rings (SSSR count). The van der Waals surface area contributed by atoms with E-state index in [-0.39, 0.29) is 5.09 Å². The molecule has 6 heteroatoms. The van der Waals surface area contributed by atoms with E-state index in [4.69, 9.17) is 9.56 Å². The lowest BCUT2D eigenvalue weighted by molar-refractivity contribution is 0.273. The zero-order chi connectivity index (χ0) is 13.9. The second-order valence-electron chi connectivity index (χ2n) is 5.33. The second kappa shape index (κ2) is 6.07. The number of primary sulfonamides is 1. The number of rotatable bonds is 5. The fourth-order valence-corrected chi connectivity index (χ4v) is 3.15. The summed E-state index contributed by atoms with van der Waals surface area (Å²) in [5, 5.41) is 8.23. The van der Waals surface area contributed by atoms with Crippen LogP contribution in [0, 0.1) is 5.92 Å². The Morgan fingerprint density at radius 3 is 2.63 bits per heavy atom. The minimum atomic E-state index is -3.74. The largest absolute Gasteiger partial charge is 0.447 e.